The molecule has 2 heterocycles. The molecule has 23 heavy (non-hydrogen) atoms. The Hall–Kier alpha value is -2.01. The molecule has 5 nitrogen and oxygen atoms in total. The summed E-state index contributed by atoms with van der Waals surface area (Å²) in [5.41, 5.74) is 3.39. The molecule has 1 aliphatic carbocycles. The van der Waals surface area contributed by atoms with Gasteiger partial charge in [-0.3, -0.25) is 4.84 Å². The number of anilines is 1. The Kier molecular flexibility index (Phi) is 4.20. The fraction of sp³-hybridized carbons (Fsp3) is 0.500. The average molecular weight is 310 g/mol. The van der Waals surface area contributed by atoms with Gasteiger partial charge in [-0.25, -0.2) is 10.0 Å². The summed E-state index contributed by atoms with van der Waals surface area (Å²) in [6, 6.07) is 8.81. The Bertz CT molecular complexity index is 646. The van der Waals surface area contributed by atoms with Crippen LogP contribution in [0.1, 0.15) is 50.0 Å². The average Bonchev–Trinajstić information content (AvgIpc) is 3.18. The van der Waals surface area contributed by atoms with Crippen LogP contribution in [0.2, 0.25) is 0 Å². The molecule has 1 saturated heterocycles. The van der Waals surface area contributed by atoms with E-state index in [9.17, 15) is 0 Å². The largest absolute Gasteiger partial charge is 0.271 e. The minimum atomic E-state index is 0.552. The van der Waals surface area contributed by atoms with E-state index in [0.29, 0.717) is 5.95 Å². The van der Waals surface area contributed by atoms with E-state index in [2.05, 4.69) is 39.4 Å². The summed E-state index contributed by atoms with van der Waals surface area (Å²) in [4.78, 5) is 10.1. The molecule has 1 aromatic heterocycles. The molecule has 1 aromatic carbocycles. The van der Waals surface area contributed by atoms with Gasteiger partial charge < -0.3 is 0 Å². The second-order valence-electron chi connectivity index (χ2n) is 6.39. The molecule has 1 aliphatic heterocycles. The van der Waals surface area contributed by atoms with E-state index in [1.165, 1.54) is 37.7 Å². The first-order chi connectivity index (χ1) is 11.4. The first-order valence-corrected chi connectivity index (χ1v) is 8.61. The maximum atomic E-state index is 5.50. The molecule has 2 aromatic rings. The molecule has 4 rings (SSSR count). The third kappa shape index (κ3) is 3.20. The van der Waals surface area contributed by atoms with E-state index in [4.69, 9.17) is 4.84 Å². The zero-order chi connectivity index (χ0) is 15.5. The summed E-state index contributed by atoms with van der Waals surface area (Å²) >= 11 is 0. The molecular weight excluding hydrogens is 288 g/mol. The van der Waals surface area contributed by atoms with Crippen molar-refractivity contribution >= 4 is 5.95 Å². The van der Waals surface area contributed by atoms with Gasteiger partial charge in [0.2, 0.25) is 0 Å². The zero-order valence-corrected chi connectivity index (χ0v) is 13.3. The van der Waals surface area contributed by atoms with E-state index in [1.54, 1.807) is 11.3 Å². The van der Waals surface area contributed by atoms with Crippen molar-refractivity contribution in [3.8, 4) is 11.3 Å². The number of rotatable bonds is 3. The summed E-state index contributed by atoms with van der Waals surface area (Å²) in [5, 5.41) is 9.89. The van der Waals surface area contributed by atoms with Crippen LogP contribution in [-0.2, 0) is 4.84 Å². The normalized spacial score (nSPS) is 19.2. The van der Waals surface area contributed by atoms with Crippen LogP contribution in [-0.4, -0.2) is 28.3 Å². The predicted molar refractivity (Wildman–Crippen MR) is 89.0 cm³/mol. The second kappa shape index (κ2) is 6.62. The maximum absolute atomic E-state index is 5.50. The third-order valence-corrected chi connectivity index (χ3v) is 4.81. The zero-order valence-electron chi connectivity index (χ0n) is 13.3. The van der Waals surface area contributed by atoms with Gasteiger partial charge in [0.1, 0.15) is 0 Å². The first-order valence-electron chi connectivity index (χ1n) is 8.61. The molecule has 0 spiro atoms. The van der Waals surface area contributed by atoms with Crippen molar-refractivity contribution in [2.24, 2.45) is 0 Å². The van der Waals surface area contributed by atoms with Crippen molar-refractivity contribution < 1.29 is 4.84 Å². The molecule has 120 valence electrons. The van der Waals surface area contributed by atoms with E-state index < -0.39 is 0 Å². The van der Waals surface area contributed by atoms with Gasteiger partial charge in [0, 0.05) is 5.56 Å². The maximum Gasteiger partial charge on any atom is 0.269 e. The molecule has 0 bridgehead atoms. The van der Waals surface area contributed by atoms with E-state index in [0.717, 1.165) is 36.7 Å². The fourth-order valence-corrected chi connectivity index (χ4v) is 3.51. The van der Waals surface area contributed by atoms with Gasteiger partial charge in [-0.1, -0.05) is 43.5 Å². The van der Waals surface area contributed by atoms with Crippen molar-refractivity contribution in [1.82, 2.24) is 15.2 Å². The Morgan fingerprint density at radius 1 is 1.00 bits per heavy atom. The van der Waals surface area contributed by atoms with Crippen LogP contribution in [0.25, 0.3) is 11.3 Å². The topological polar surface area (TPSA) is 51.1 Å². The number of nitrogens with zero attached hydrogens (tertiary/aromatic N) is 4. The van der Waals surface area contributed by atoms with Crippen molar-refractivity contribution in [3.63, 3.8) is 0 Å². The van der Waals surface area contributed by atoms with Crippen LogP contribution in [0, 0.1) is 0 Å². The minimum absolute atomic E-state index is 0.552. The molecule has 0 atom stereocenters. The standard InChI is InChI=1S/C18H22N4O/c1-2-5-14(6-3-1)15-7-9-16(10-8-15)17-13-19-21-18(20-17)22-11-4-12-23-22/h7-10,13-14H,1-6,11-12H2. The number of benzene rings is 1. The minimum Gasteiger partial charge on any atom is -0.271 e. The quantitative estimate of drug-likeness (QED) is 0.864. The molecule has 0 amide bonds. The lowest BCUT2D eigenvalue weighted by Crippen LogP contribution is -2.19. The highest BCUT2D eigenvalue weighted by Crippen LogP contribution is 2.33. The van der Waals surface area contributed by atoms with Crippen LogP contribution in [0.5, 0.6) is 0 Å². The summed E-state index contributed by atoms with van der Waals surface area (Å²) in [6.45, 7) is 1.55. The molecule has 0 unspecified atom stereocenters. The van der Waals surface area contributed by atoms with Gasteiger partial charge in [-0.05, 0) is 30.7 Å². The SMILES string of the molecule is c1cc(C2CCCCC2)ccc1-c1cnnc(N2CCCO2)n1. The highest BCUT2D eigenvalue weighted by atomic mass is 16.7. The Morgan fingerprint density at radius 2 is 1.83 bits per heavy atom. The monoisotopic (exact) mass is 310 g/mol. The van der Waals surface area contributed by atoms with Crippen LogP contribution < -0.4 is 5.06 Å². The second-order valence-corrected chi connectivity index (χ2v) is 6.39. The lowest BCUT2D eigenvalue weighted by Gasteiger charge is -2.22. The number of hydrogen-bond acceptors (Lipinski definition) is 5. The smallest absolute Gasteiger partial charge is 0.269 e. The van der Waals surface area contributed by atoms with Crippen LogP contribution in [0.15, 0.2) is 30.5 Å². The van der Waals surface area contributed by atoms with E-state index in [-0.39, 0.29) is 0 Å². The molecule has 0 radical (unpaired) electrons. The summed E-state index contributed by atoms with van der Waals surface area (Å²) in [6.07, 6.45) is 9.49. The highest BCUT2D eigenvalue weighted by Gasteiger charge is 2.18. The van der Waals surface area contributed by atoms with Gasteiger partial charge in [-0.2, -0.15) is 5.10 Å². The van der Waals surface area contributed by atoms with Crippen LogP contribution in [0.4, 0.5) is 5.95 Å². The van der Waals surface area contributed by atoms with Crippen LogP contribution in [0.3, 0.4) is 0 Å². The Balaban J connectivity index is 1.54. The predicted octanol–water partition coefficient (Wildman–Crippen LogP) is 3.73. The third-order valence-electron chi connectivity index (χ3n) is 4.81. The van der Waals surface area contributed by atoms with Gasteiger partial charge in [0.15, 0.2) is 0 Å². The molecular formula is C18H22N4O. The molecule has 1 saturated carbocycles. The van der Waals surface area contributed by atoms with Gasteiger partial charge in [0.05, 0.1) is 25.0 Å². The Labute approximate surface area is 136 Å². The first kappa shape index (κ1) is 14.6. The van der Waals surface area contributed by atoms with Crippen LogP contribution >= 0.6 is 0 Å². The molecule has 0 N–H and O–H groups in total. The van der Waals surface area contributed by atoms with E-state index >= 15 is 0 Å². The lowest BCUT2D eigenvalue weighted by molar-refractivity contribution is 0.163. The number of aromatic nitrogens is 3. The summed E-state index contributed by atoms with van der Waals surface area (Å²) < 4.78 is 0. The number of hydroxylamine groups is 1. The molecule has 5 heteroatoms. The summed E-state index contributed by atoms with van der Waals surface area (Å²) in [5.74, 6) is 1.28. The van der Waals surface area contributed by atoms with Gasteiger partial charge >= 0.3 is 0 Å². The van der Waals surface area contributed by atoms with Gasteiger partial charge in [0.25, 0.3) is 5.95 Å². The summed E-state index contributed by atoms with van der Waals surface area (Å²) in [7, 11) is 0. The Morgan fingerprint density at radius 3 is 2.57 bits per heavy atom. The number of hydrogen-bond donors (Lipinski definition) is 0. The molecule has 2 aliphatic rings. The van der Waals surface area contributed by atoms with Crippen molar-refractivity contribution in [2.75, 3.05) is 18.2 Å². The van der Waals surface area contributed by atoms with Gasteiger partial charge in [-0.15, -0.1) is 5.10 Å². The van der Waals surface area contributed by atoms with Crippen molar-refractivity contribution in [1.29, 1.82) is 0 Å². The lowest BCUT2D eigenvalue weighted by atomic mass is 9.84. The fourth-order valence-electron chi connectivity index (χ4n) is 3.51. The van der Waals surface area contributed by atoms with Crippen molar-refractivity contribution in [3.05, 3.63) is 36.0 Å². The highest BCUT2D eigenvalue weighted by molar-refractivity contribution is 5.59. The van der Waals surface area contributed by atoms with E-state index in [1.807, 2.05) is 0 Å². The van der Waals surface area contributed by atoms with Crippen molar-refractivity contribution in [2.45, 2.75) is 44.4 Å². The molecule has 2 fully saturated rings.